The predicted octanol–water partition coefficient (Wildman–Crippen LogP) is 4.78. The summed E-state index contributed by atoms with van der Waals surface area (Å²) < 4.78 is 41.1. The number of nitrogens with one attached hydrogen (secondary N) is 2. The number of aromatic nitrogens is 5. The third-order valence-corrected chi connectivity index (χ3v) is 8.60. The van der Waals surface area contributed by atoms with E-state index in [9.17, 15) is 23.1 Å². The number of nitrogens with zero attached hydrogens (tertiary/aromatic N) is 6. The summed E-state index contributed by atoms with van der Waals surface area (Å²) in [5.41, 5.74) is 7.48. The van der Waals surface area contributed by atoms with Gasteiger partial charge in [-0.05, 0) is 75.9 Å². The second-order valence-corrected chi connectivity index (χ2v) is 11.9. The van der Waals surface area contributed by atoms with Gasteiger partial charge in [0.05, 0.1) is 17.0 Å². The summed E-state index contributed by atoms with van der Waals surface area (Å²) in [6, 6.07) is 9.05. The van der Waals surface area contributed by atoms with Crippen molar-refractivity contribution in [1.82, 2.24) is 34.9 Å². The van der Waals surface area contributed by atoms with Crippen molar-refractivity contribution >= 4 is 28.6 Å². The lowest BCUT2D eigenvalue weighted by Crippen LogP contribution is -2.40. The van der Waals surface area contributed by atoms with Gasteiger partial charge in [0.1, 0.15) is 29.9 Å². The van der Waals surface area contributed by atoms with Crippen molar-refractivity contribution in [3.63, 3.8) is 0 Å². The highest BCUT2D eigenvalue weighted by atomic mass is 19.4. The van der Waals surface area contributed by atoms with Crippen LogP contribution in [0.1, 0.15) is 60.5 Å². The second-order valence-electron chi connectivity index (χ2n) is 11.9. The molecule has 3 aromatic heterocycles. The van der Waals surface area contributed by atoms with Gasteiger partial charge in [0.25, 0.3) is 5.91 Å². The van der Waals surface area contributed by atoms with Crippen molar-refractivity contribution < 1.29 is 23.1 Å². The first-order valence-corrected chi connectivity index (χ1v) is 15.3. The number of fused-ring (bicyclic) bond motifs is 1. The van der Waals surface area contributed by atoms with Gasteiger partial charge in [-0.1, -0.05) is 18.2 Å². The highest BCUT2D eigenvalue weighted by Gasteiger charge is 2.31. The fourth-order valence-electron chi connectivity index (χ4n) is 5.90. The summed E-state index contributed by atoms with van der Waals surface area (Å²) in [5, 5.41) is 21.7. The number of hydrogen-bond donors (Lipinski definition) is 4. The van der Waals surface area contributed by atoms with Crippen LogP contribution in [-0.2, 0) is 6.18 Å². The molecule has 242 valence electrons. The Morgan fingerprint density at radius 1 is 1.11 bits per heavy atom. The van der Waals surface area contributed by atoms with Gasteiger partial charge >= 0.3 is 6.18 Å². The quantitative estimate of drug-likeness (QED) is 0.143. The van der Waals surface area contributed by atoms with E-state index in [1.807, 2.05) is 16.8 Å². The normalized spacial score (nSPS) is 19.6. The molecule has 1 unspecified atom stereocenters. The zero-order valence-electron chi connectivity index (χ0n) is 25.3. The van der Waals surface area contributed by atoms with Crippen molar-refractivity contribution in [1.29, 1.82) is 0 Å². The van der Waals surface area contributed by atoms with Crippen LogP contribution in [0.2, 0.25) is 0 Å². The maximum atomic E-state index is 13.1. The first kappa shape index (κ1) is 31.6. The smallest absolute Gasteiger partial charge is 0.383 e. The van der Waals surface area contributed by atoms with Crippen LogP contribution in [0.3, 0.4) is 0 Å². The molecule has 2 aliphatic carbocycles. The molecular weight excluding hydrogens is 599 g/mol. The summed E-state index contributed by atoms with van der Waals surface area (Å²) in [6.45, 7) is 0.822. The summed E-state index contributed by atoms with van der Waals surface area (Å²) in [5.74, 6) is -0.527. The van der Waals surface area contributed by atoms with Crippen molar-refractivity contribution in [2.24, 2.45) is 0 Å². The molecule has 46 heavy (non-hydrogen) atoms. The van der Waals surface area contributed by atoms with Gasteiger partial charge in [-0.2, -0.15) is 18.3 Å². The standard InChI is InChI=1S/C32H36F3N9O2/c1-43(23-12-13-23)16-2-3-26(45)40-22-8-10-24(11-9-22)44-30-27(29(36)38-18-39-30)28(42-44)19-4-6-20(7-5-19)31(46)41-25-17-21(14-15-37-25)32(33,34)35/h2-7,14-15,17-18,22-24,26,40,45H,8-13,16H2,1H3,(H2,36,38,39)(H,37,41,46)/b3-2+. The average Bonchev–Trinajstić information content (AvgIpc) is 3.82. The van der Waals surface area contributed by atoms with Gasteiger partial charge in [0.15, 0.2) is 5.65 Å². The number of nitrogen functional groups attached to an aromatic ring is 1. The van der Waals surface area contributed by atoms with Crippen LogP contribution in [0.25, 0.3) is 22.3 Å². The molecule has 1 atom stereocenters. The van der Waals surface area contributed by atoms with E-state index in [2.05, 4.69) is 37.5 Å². The third-order valence-electron chi connectivity index (χ3n) is 8.60. The third kappa shape index (κ3) is 7.19. The van der Waals surface area contributed by atoms with E-state index in [4.69, 9.17) is 10.8 Å². The number of aliphatic hydroxyl groups is 1. The number of halogens is 3. The SMILES string of the molecule is CN(C/C=C/C(O)NC1CCC(n2nc(-c3ccc(C(=O)Nc4cc(C(F)(F)F)ccn4)cc3)c3c(N)ncnc32)CC1)C1CC1. The molecule has 0 bridgehead atoms. The fourth-order valence-corrected chi connectivity index (χ4v) is 5.90. The maximum Gasteiger partial charge on any atom is 0.416 e. The zero-order chi connectivity index (χ0) is 32.4. The van der Waals surface area contributed by atoms with Gasteiger partial charge in [0.2, 0.25) is 0 Å². The fraction of sp³-hybridized carbons (Fsp3) is 0.406. The Hall–Kier alpha value is -4.40. The number of carbonyl (C=O) groups is 1. The van der Waals surface area contributed by atoms with Crippen LogP contribution in [-0.4, -0.2) is 72.6 Å². The van der Waals surface area contributed by atoms with Crippen LogP contribution in [0, 0.1) is 0 Å². The van der Waals surface area contributed by atoms with E-state index in [1.54, 1.807) is 24.3 Å². The van der Waals surface area contributed by atoms with E-state index in [1.165, 1.54) is 19.2 Å². The molecule has 11 nitrogen and oxygen atoms in total. The Labute approximate surface area is 263 Å². The van der Waals surface area contributed by atoms with E-state index >= 15 is 0 Å². The monoisotopic (exact) mass is 635 g/mol. The number of nitrogens with two attached hydrogens (primary N) is 1. The molecular formula is C32H36F3N9O2. The van der Waals surface area contributed by atoms with Gasteiger partial charge < -0.3 is 16.2 Å². The van der Waals surface area contributed by atoms with E-state index < -0.39 is 23.9 Å². The van der Waals surface area contributed by atoms with Crippen LogP contribution in [0.4, 0.5) is 24.8 Å². The van der Waals surface area contributed by atoms with Crippen molar-refractivity contribution in [2.45, 2.75) is 69.1 Å². The molecule has 3 heterocycles. The van der Waals surface area contributed by atoms with Crippen LogP contribution in [0.15, 0.2) is 61.1 Å². The van der Waals surface area contributed by atoms with E-state index in [-0.39, 0.29) is 29.3 Å². The summed E-state index contributed by atoms with van der Waals surface area (Å²) >= 11 is 0. The highest BCUT2D eigenvalue weighted by Crippen LogP contribution is 2.36. The first-order valence-electron chi connectivity index (χ1n) is 15.3. The van der Waals surface area contributed by atoms with Crippen molar-refractivity contribution in [2.75, 3.05) is 24.6 Å². The minimum atomic E-state index is -4.55. The Kier molecular flexibility index (Phi) is 9.02. The largest absolute Gasteiger partial charge is 0.416 e. The van der Waals surface area contributed by atoms with Gasteiger partial charge in [-0.3, -0.25) is 15.0 Å². The van der Waals surface area contributed by atoms with Crippen LogP contribution >= 0.6 is 0 Å². The molecule has 0 radical (unpaired) electrons. The molecule has 5 N–H and O–H groups in total. The minimum Gasteiger partial charge on any atom is -0.383 e. The van der Waals surface area contributed by atoms with E-state index in [0.29, 0.717) is 28.3 Å². The molecule has 14 heteroatoms. The summed E-state index contributed by atoms with van der Waals surface area (Å²) in [7, 11) is 2.10. The summed E-state index contributed by atoms with van der Waals surface area (Å²) in [6.07, 6.45) is 6.80. The van der Waals surface area contributed by atoms with Crippen LogP contribution in [0.5, 0.6) is 0 Å². The Balaban J connectivity index is 1.13. The molecule has 1 aromatic carbocycles. The number of likely N-dealkylation sites (N-methyl/N-ethyl adjacent to an activating group) is 1. The van der Waals surface area contributed by atoms with Gasteiger partial charge in [-0.15, -0.1) is 0 Å². The molecule has 0 saturated heterocycles. The summed E-state index contributed by atoms with van der Waals surface area (Å²) in [4.78, 5) is 27.6. The highest BCUT2D eigenvalue weighted by molar-refractivity contribution is 6.04. The number of benzene rings is 1. The lowest BCUT2D eigenvalue weighted by Gasteiger charge is -2.30. The van der Waals surface area contributed by atoms with Crippen LogP contribution < -0.4 is 16.4 Å². The number of aliphatic hydroxyl groups excluding tert-OH is 1. The molecule has 2 saturated carbocycles. The average molecular weight is 636 g/mol. The number of pyridine rings is 1. The number of alkyl halides is 3. The van der Waals surface area contributed by atoms with E-state index in [0.717, 1.165) is 50.6 Å². The van der Waals surface area contributed by atoms with Gasteiger partial charge in [0, 0.05) is 36.0 Å². The van der Waals surface area contributed by atoms with Crippen molar-refractivity contribution in [3.8, 4) is 11.3 Å². The predicted molar refractivity (Wildman–Crippen MR) is 168 cm³/mol. The Morgan fingerprint density at radius 2 is 1.85 bits per heavy atom. The lowest BCUT2D eigenvalue weighted by molar-refractivity contribution is -0.137. The second kappa shape index (κ2) is 13.1. The molecule has 2 aliphatic rings. The number of anilines is 2. The lowest BCUT2D eigenvalue weighted by atomic mass is 9.91. The van der Waals surface area contributed by atoms with Crippen molar-refractivity contribution in [3.05, 3.63) is 72.2 Å². The zero-order valence-corrected chi connectivity index (χ0v) is 25.3. The minimum absolute atomic E-state index is 0.0634. The molecule has 0 aliphatic heterocycles. The first-order chi connectivity index (χ1) is 22.1. The molecule has 4 aromatic rings. The molecule has 1 amide bonds. The van der Waals surface area contributed by atoms with Gasteiger partial charge in [-0.25, -0.2) is 19.6 Å². The number of hydrogen-bond acceptors (Lipinski definition) is 9. The molecule has 2 fully saturated rings. The number of carbonyl (C=O) groups excluding carboxylic acids is 1. The Bertz CT molecular complexity index is 1710. The topological polar surface area (TPSA) is 147 Å². The molecule has 6 rings (SSSR count). The maximum absolute atomic E-state index is 13.1. The molecule has 0 spiro atoms. The number of rotatable bonds is 10. The Morgan fingerprint density at radius 3 is 2.54 bits per heavy atom. The number of amides is 1.